The zero-order valence-electron chi connectivity index (χ0n) is 8.93. The van der Waals surface area contributed by atoms with Gasteiger partial charge in [0.1, 0.15) is 12.3 Å². The molecule has 88 valence electrons. The third-order valence-corrected chi connectivity index (χ3v) is 2.69. The summed E-state index contributed by atoms with van der Waals surface area (Å²) in [5.74, 6) is 0.255. The van der Waals surface area contributed by atoms with E-state index in [2.05, 4.69) is 31.3 Å². The number of aromatic nitrogens is 2. The Balaban J connectivity index is 1.96. The van der Waals surface area contributed by atoms with Crippen molar-refractivity contribution in [1.82, 2.24) is 10.2 Å². The van der Waals surface area contributed by atoms with Gasteiger partial charge < -0.3 is 10.6 Å². The van der Waals surface area contributed by atoms with Crippen molar-refractivity contribution in [1.29, 1.82) is 0 Å². The highest BCUT2D eigenvalue weighted by molar-refractivity contribution is 9.10. The average Bonchev–Trinajstić information content (AvgIpc) is 2.77. The van der Waals surface area contributed by atoms with Crippen molar-refractivity contribution >= 4 is 21.8 Å². The van der Waals surface area contributed by atoms with Crippen molar-refractivity contribution in [3.63, 3.8) is 0 Å². The quantitative estimate of drug-likeness (QED) is 0.514. The van der Waals surface area contributed by atoms with Crippen molar-refractivity contribution in [2.24, 2.45) is 10.9 Å². The van der Waals surface area contributed by atoms with Crippen LogP contribution in [0, 0.1) is 0 Å². The van der Waals surface area contributed by atoms with E-state index in [1.54, 1.807) is 6.20 Å². The Morgan fingerprint density at radius 3 is 2.82 bits per heavy atom. The van der Waals surface area contributed by atoms with Crippen LogP contribution < -0.4 is 5.73 Å². The Morgan fingerprint density at radius 2 is 2.18 bits per heavy atom. The molecule has 2 aromatic rings. The monoisotopic (exact) mass is 294 g/mol. The molecule has 3 N–H and O–H groups in total. The van der Waals surface area contributed by atoms with Gasteiger partial charge in [-0.1, -0.05) is 35.5 Å². The summed E-state index contributed by atoms with van der Waals surface area (Å²) in [6, 6.07) is 9.74. The predicted molar refractivity (Wildman–Crippen MR) is 68.2 cm³/mol. The molecule has 0 unspecified atom stereocenters. The van der Waals surface area contributed by atoms with Crippen LogP contribution in [0.5, 0.6) is 0 Å². The second kappa shape index (κ2) is 5.49. The Kier molecular flexibility index (Phi) is 3.77. The number of halogens is 1. The molecule has 1 aromatic carbocycles. The lowest BCUT2D eigenvalue weighted by molar-refractivity contribution is 0.130. The fraction of sp³-hybridized carbons (Fsp3) is 0.0909. The third-order valence-electron chi connectivity index (χ3n) is 2.09. The number of nitrogens with zero attached hydrogens (tertiary/aromatic N) is 2. The van der Waals surface area contributed by atoms with Gasteiger partial charge in [0.15, 0.2) is 5.84 Å². The second-order valence-electron chi connectivity index (χ2n) is 3.33. The van der Waals surface area contributed by atoms with Crippen LogP contribution in [0.1, 0.15) is 11.3 Å². The molecule has 0 atom stereocenters. The van der Waals surface area contributed by atoms with Crippen LogP contribution in [0.3, 0.4) is 0 Å². The van der Waals surface area contributed by atoms with Gasteiger partial charge in [-0.15, -0.1) is 0 Å². The van der Waals surface area contributed by atoms with Gasteiger partial charge in [0.25, 0.3) is 0 Å². The van der Waals surface area contributed by atoms with E-state index in [1.807, 2.05) is 30.3 Å². The lowest BCUT2D eigenvalue weighted by atomic mass is 10.2. The van der Waals surface area contributed by atoms with E-state index >= 15 is 0 Å². The molecule has 0 spiro atoms. The molecule has 0 amide bonds. The maximum Gasteiger partial charge on any atom is 0.189 e. The number of rotatable bonds is 4. The van der Waals surface area contributed by atoms with Gasteiger partial charge in [-0.3, -0.25) is 5.10 Å². The minimum atomic E-state index is 0.255. The van der Waals surface area contributed by atoms with Crippen LogP contribution in [-0.2, 0) is 11.4 Å². The highest BCUT2D eigenvalue weighted by Crippen LogP contribution is 2.12. The number of benzene rings is 1. The molecule has 17 heavy (non-hydrogen) atoms. The second-order valence-corrected chi connectivity index (χ2v) is 4.18. The Bertz CT molecular complexity index is 509. The summed E-state index contributed by atoms with van der Waals surface area (Å²) < 4.78 is 0.752. The SMILES string of the molecule is N/C(=N/OCc1ccccc1)c1[nH]ncc1Br. The molecule has 1 heterocycles. The largest absolute Gasteiger partial charge is 0.389 e. The lowest BCUT2D eigenvalue weighted by Gasteiger charge is -2.01. The van der Waals surface area contributed by atoms with Crippen LogP contribution in [-0.4, -0.2) is 16.0 Å². The van der Waals surface area contributed by atoms with E-state index in [1.165, 1.54) is 0 Å². The summed E-state index contributed by atoms with van der Waals surface area (Å²) in [6.07, 6.45) is 1.61. The van der Waals surface area contributed by atoms with E-state index in [0.29, 0.717) is 12.3 Å². The van der Waals surface area contributed by atoms with E-state index in [-0.39, 0.29) is 5.84 Å². The molecule has 2 rings (SSSR count). The molecule has 0 aliphatic rings. The van der Waals surface area contributed by atoms with Crippen LogP contribution >= 0.6 is 15.9 Å². The summed E-state index contributed by atoms with van der Waals surface area (Å²) in [5.41, 5.74) is 7.37. The zero-order valence-corrected chi connectivity index (χ0v) is 10.5. The molecule has 0 fully saturated rings. The van der Waals surface area contributed by atoms with Gasteiger partial charge >= 0.3 is 0 Å². The molecule has 1 aromatic heterocycles. The average molecular weight is 295 g/mol. The Morgan fingerprint density at radius 1 is 1.41 bits per heavy atom. The predicted octanol–water partition coefficient (Wildman–Crippen LogP) is 2.01. The molecule has 6 heteroatoms. The molecule has 5 nitrogen and oxygen atoms in total. The van der Waals surface area contributed by atoms with Crippen molar-refractivity contribution < 1.29 is 4.84 Å². The first-order valence-corrected chi connectivity index (χ1v) is 5.75. The molecular weight excluding hydrogens is 284 g/mol. The van der Waals surface area contributed by atoms with Crippen molar-refractivity contribution in [3.8, 4) is 0 Å². The molecule has 0 saturated carbocycles. The van der Waals surface area contributed by atoms with Crippen LogP contribution in [0.4, 0.5) is 0 Å². The number of H-pyrrole nitrogens is 1. The summed E-state index contributed by atoms with van der Waals surface area (Å²) in [7, 11) is 0. The maximum absolute atomic E-state index is 5.73. The minimum Gasteiger partial charge on any atom is -0.389 e. The molecule has 0 bridgehead atoms. The minimum absolute atomic E-state index is 0.255. The number of nitrogens with one attached hydrogen (secondary N) is 1. The summed E-state index contributed by atoms with van der Waals surface area (Å²) >= 11 is 3.29. The molecule has 0 aliphatic carbocycles. The Hall–Kier alpha value is -1.82. The van der Waals surface area contributed by atoms with Crippen LogP contribution in [0.2, 0.25) is 0 Å². The van der Waals surface area contributed by atoms with E-state index < -0.39 is 0 Å². The first-order chi connectivity index (χ1) is 8.27. The topological polar surface area (TPSA) is 76.3 Å². The van der Waals surface area contributed by atoms with Crippen molar-refractivity contribution in [3.05, 3.63) is 52.3 Å². The van der Waals surface area contributed by atoms with Crippen molar-refractivity contribution in [2.45, 2.75) is 6.61 Å². The number of hydrogen-bond acceptors (Lipinski definition) is 3. The van der Waals surface area contributed by atoms with Gasteiger partial charge in [0.2, 0.25) is 0 Å². The third kappa shape index (κ3) is 3.07. The zero-order chi connectivity index (χ0) is 12.1. The molecular formula is C11H11BrN4O. The highest BCUT2D eigenvalue weighted by atomic mass is 79.9. The summed E-state index contributed by atoms with van der Waals surface area (Å²) in [4.78, 5) is 5.15. The van der Waals surface area contributed by atoms with Gasteiger partial charge in [-0.2, -0.15) is 5.10 Å². The number of aromatic amines is 1. The van der Waals surface area contributed by atoms with Crippen LogP contribution in [0.25, 0.3) is 0 Å². The standard InChI is InChI=1S/C11H11BrN4O/c12-9-6-14-15-10(9)11(13)16-17-7-8-4-2-1-3-5-8/h1-6H,7H2,(H2,13,16)(H,14,15). The number of nitrogens with two attached hydrogens (primary N) is 1. The first-order valence-electron chi connectivity index (χ1n) is 4.96. The van der Waals surface area contributed by atoms with Crippen molar-refractivity contribution in [2.75, 3.05) is 0 Å². The fourth-order valence-corrected chi connectivity index (χ4v) is 1.64. The van der Waals surface area contributed by atoms with E-state index in [4.69, 9.17) is 10.6 Å². The molecule has 0 radical (unpaired) electrons. The van der Waals surface area contributed by atoms with Crippen LogP contribution in [0.15, 0.2) is 46.2 Å². The fourth-order valence-electron chi connectivity index (χ4n) is 1.25. The first kappa shape index (κ1) is 11.7. The van der Waals surface area contributed by atoms with Gasteiger partial charge in [0, 0.05) is 0 Å². The maximum atomic E-state index is 5.73. The summed E-state index contributed by atoms with van der Waals surface area (Å²) in [5, 5.41) is 10.4. The van der Waals surface area contributed by atoms with Gasteiger partial charge in [-0.25, -0.2) is 0 Å². The van der Waals surface area contributed by atoms with Gasteiger partial charge in [0.05, 0.1) is 10.7 Å². The van der Waals surface area contributed by atoms with E-state index in [9.17, 15) is 0 Å². The normalized spacial score (nSPS) is 11.5. The number of oxime groups is 1. The molecule has 0 saturated heterocycles. The number of hydrogen-bond donors (Lipinski definition) is 2. The Labute approximate surface area is 107 Å². The molecule has 0 aliphatic heterocycles. The van der Waals surface area contributed by atoms with Gasteiger partial charge in [-0.05, 0) is 21.5 Å². The highest BCUT2D eigenvalue weighted by Gasteiger charge is 2.06. The van der Waals surface area contributed by atoms with E-state index in [0.717, 1.165) is 10.0 Å². The summed E-state index contributed by atoms with van der Waals surface area (Å²) in [6.45, 7) is 0.382. The number of amidine groups is 1. The smallest absolute Gasteiger partial charge is 0.189 e. The lowest BCUT2D eigenvalue weighted by Crippen LogP contribution is -2.15.